The van der Waals surface area contributed by atoms with E-state index in [-0.39, 0.29) is 11.8 Å². The molecule has 1 N–H and O–H groups in total. The number of carbonyl (C=O) groups is 1. The number of amides is 1. The number of carbonyl (C=O) groups excluding carboxylic acids is 1. The molecular formula is C14H18FNO3. The van der Waals surface area contributed by atoms with Crippen molar-refractivity contribution in [2.45, 2.75) is 38.3 Å². The lowest BCUT2D eigenvalue weighted by Crippen LogP contribution is -2.49. The Bertz CT molecular complexity index is 470. The van der Waals surface area contributed by atoms with Crippen LogP contribution in [-0.4, -0.2) is 34.3 Å². The molecule has 19 heavy (non-hydrogen) atoms. The highest BCUT2D eigenvalue weighted by molar-refractivity contribution is 5.71. The molecule has 0 saturated carbocycles. The molecule has 104 valence electrons. The van der Waals surface area contributed by atoms with Crippen molar-refractivity contribution in [2.24, 2.45) is 0 Å². The number of likely N-dealkylation sites (tertiary alicyclic amines) is 1. The monoisotopic (exact) mass is 267 g/mol. The van der Waals surface area contributed by atoms with Crippen LogP contribution in [0.4, 0.5) is 9.18 Å². The minimum atomic E-state index is -0.995. The number of rotatable bonds is 2. The quantitative estimate of drug-likeness (QED) is 0.896. The molecule has 0 spiro atoms. The Kier molecular flexibility index (Phi) is 3.75. The summed E-state index contributed by atoms with van der Waals surface area (Å²) in [6, 6.07) is 5.47. The Morgan fingerprint density at radius 3 is 2.79 bits per heavy atom. The van der Waals surface area contributed by atoms with Gasteiger partial charge in [0.25, 0.3) is 0 Å². The number of hydrogen-bond donors (Lipinski definition) is 1. The fraction of sp³-hybridized carbons (Fsp3) is 0.500. The van der Waals surface area contributed by atoms with E-state index >= 15 is 0 Å². The van der Waals surface area contributed by atoms with Crippen molar-refractivity contribution < 1.29 is 19.0 Å². The number of hydrogen-bond acceptors (Lipinski definition) is 3. The molecule has 1 aliphatic heterocycles. The first kappa shape index (κ1) is 13.8. The van der Waals surface area contributed by atoms with Crippen molar-refractivity contribution in [3.05, 3.63) is 30.1 Å². The van der Waals surface area contributed by atoms with Crippen molar-refractivity contribution in [3.8, 4) is 5.75 Å². The van der Waals surface area contributed by atoms with Crippen LogP contribution in [0.5, 0.6) is 5.75 Å². The van der Waals surface area contributed by atoms with Crippen LogP contribution in [0.25, 0.3) is 0 Å². The van der Waals surface area contributed by atoms with Gasteiger partial charge in [-0.25, -0.2) is 9.18 Å². The highest BCUT2D eigenvalue weighted by atomic mass is 19.1. The van der Waals surface area contributed by atoms with Crippen LogP contribution in [-0.2, 0) is 0 Å². The molecule has 0 aliphatic carbocycles. The van der Waals surface area contributed by atoms with E-state index < -0.39 is 17.5 Å². The number of benzene rings is 1. The van der Waals surface area contributed by atoms with Gasteiger partial charge in [-0.1, -0.05) is 12.1 Å². The smallest absolute Gasteiger partial charge is 0.407 e. The zero-order valence-electron chi connectivity index (χ0n) is 11.1. The maximum Gasteiger partial charge on any atom is 0.415 e. The van der Waals surface area contributed by atoms with Crippen molar-refractivity contribution >= 4 is 6.09 Å². The van der Waals surface area contributed by atoms with Crippen LogP contribution in [0.2, 0.25) is 0 Å². The number of para-hydroxylation sites is 1. The molecule has 1 aromatic rings. The molecule has 5 heteroatoms. The normalized spacial score (nSPS) is 19.6. The van der Waals surface area contributed by atoms with Gasteiger partial charge >= 0.3 is 6.09 Å². The predicted molar refractivity (Wildman–Crippen MR) is 68.4 cm³/mol. The standard InChI is InChI=1S/C14H18FNO3/c1-14(2,18)12-8-5-9-16(12)13(17)19-11-7-4-3-6-10(11)15/h3-4,6-7,12,18H,5,8-9H2,1-2H3. The lowest BCUT2D eigenvalue weighted by molar-refractivity contribution is 0.00313. The summed E-state index contributed by atoms with van der Waals surface area (Å²) in [5, 5.41) is 10.0. The molecule has 1 heterocycles. The number of aliphatic hydroxyl groups is 1. The average molecular weight is 267 g/mol. The SMILES string of the molecule is CC(C)(O)C1CCCN1C(=O)Oc1ccccc1F. The molecule has 1 fully saturated rings. The second kappa shape index (κ2) is 5.17. The molecule has 0 aromatic heterocycles. The first-order valence-electron chi connectivity index (χ1n) is 6.35. The summed E-state index contributed by atoms with van der Waals surface area (Å²) in [6.45, 7) is 3.83. The second-order valence-corrected chi connectivity index (χ2v) is 5.30. The van der Waals surface area contributed by atoms with Gasteiger partial charge < -0.3 is 14.7 Å². The minimum Gasteiger partial charge on any atom is -0.407 e. The first-order valence-corrected chi connectivity index (χ1v) is 6.35. The van der Waals surface area contributed by atoms with Gasteiger partial charge in [0.1, 0.15) is 0 Å². The van der Waals surface area contributed by atoms with Gasteiger partial charge in [0.15, 0.2) is 11.6 Å². The average Bonchev–Trinajstić information content (AvgIpc) is 2.81. The molecule has 1 unspecified atom stereocenters. The molecule has 1 aliphatic rings. The van der Waals surface area contributed by atoms with E-state index in [1.54, 1.807) is 19.9 Å². The predicted octanol–water partition coefficient (Wildman–Crippen LogP) is 2.56. The Morgan fingerprint density at radius 2 is 2.16 bits per heavy atom. The zero-order valence-corrected chi connectivity index (χ0v) is 11.1. The maximum absolute atomic E-state index is 13.4. The van der Waals surface area contributed by atoms with Gasteiger partial charge in [0.2, 0.25) is 0 Å². The van der Waals surface area contributed by atoms with Crippen molar-refractivity contribution in [3.63, 3.8) is 0 Å². The molecule has 0 bridgehead atoms. The molecule has 2 rings (SSSR count). The molecule has 1 amide bonds. The van der Waals surface area contributed by atoms with E-state index in [4.69, 9.17) is 4.74 Å². The summed E-state index contributed by atoms with van der Waals surface area (Å²) >= 11 is 0. The van der Waals surface area contributed by atoms with Gasteiger partial charge in [0.05, 0.1) is 11.6 Å². The van der Waals surface area contributed by atoms with Crippen LogP contribution in [0.1, 0.15) is 26.7 Å². The highest BCUT2D eigenvalue weighted by Gasteiger charge is 2.39. The van der Waals surface area contributed by atoms with Crippen LogP contribution in [0.3, 0.4) is 0 Å². The molecule has 1 aromatic carbocycles. The van der Waals surface area contributed by atoms with Crippen LogP contribution < -0.4 is 4.74 Å². The minimum absolute atomic E-state index is 0.0890. The summed E-state index contributed by atoms with van der Waals surface area (Å²) in [5.41, 5.74) is -0.995. The summed E-state index contributed by atoms with van der Waals surface area (Å²) in [4.78, 5) is 13.5. The summed E-state index contributed by atoms with van der Waals surface area (Å²) in [6.07, 6.45) is 0.909. The molecule has 0 radical (unpaired) electrons. The fourth-order valence-electron chi connectivity index (χ4n) is 2.40. The van der Waals surface area contributed by atoms with E-state index in [1.165, 1.54) is 23.1 Å². The molecule has 1 saturated heterocycles. The summed E-state index contributed by atoms with van der Waals surface area (Å²) < 4.78 is 18.5. The fourth-order valence-corrected chi connectivity index (χ4v) is 2.40. The lowest BCUT2D eigenvalue weighted by atomic mass is 9.97. The van der Waals surface area contributed by atoms with Crippen molar-refractivity contribution in [1.82, 2.24) is 4.90 Å². The third kappa shape index (κ3) is 3.04. The molecule has 4 nitrogen and oxygen atoms in total. The number of ether oxygens (including phenoxy) is 1. The Morgan fingerprint density at radius 1 is 1.47 bits per heavy atom. The van der Waals surface area contributed by atoms with E-state index in [2.05, 4.69) is 0 Å². The van der Waals surface area contributed by atoms with Crippen LogP contribution in [0.15, 0.2) is 24.3 Å². The van der Waals surface area contributed by atoms with Gasteiger partial charge in [-0.05, 0) is 38.8 Å². The Balaban J connectivity index is 2.10. The summed E-state index contributed by atoms with van der Waals surface area (Å²) in [7, 11) is 0. The van der Waals surface area contributed by atoms with Gasteiger partial charge in [-0.2, -0.15) is 0 Å². The van der Waals surface area contributed by atoms with E-state index in [1.807, 2.05) is 0 Å². The first-order chi connectivity index (χ1) is 8.89. The van der Waals surface area contributed by atoms with Crippen molar-refractivity contribution in [1.29, 1.82) is 0 Å². The zero-order chi connectivity index (χ0) is 14.0. The highest BCUT2D eigenvalue weighted by Crippen LogP contribution is 2.28. The summed E-state index contributed by atoms with van der Waals surface area (Å²) in [5.74, 6) is -0.663. The molecule has 1 atom stereocenters. The van der Waals surface area contributed by atoms with Crippen molar-refractivity contribution in [2.75, 3.05) is 6.54 Å². The third-order valence-electron chi connectivity index (χ3n) is 3.34. The molecular weight excluding hydrogens is 249 g/mol. The topological polar surface area (TPSA) is 49.8 Å². The second-order valence-electron chi connectivity index (χ2n) is 5.30. The van der Waals surface area contributed by atoms with Gasteiger partial charge in [-0.15, -0.1) is 0 Å². The number of nitrogens with zero attached hydrogens (tertiary/aromatic N) is 1. The number of halogens is 1. The Hall–Kier alpha value is -1.62. The third-order valence-corrected chi connectivity index (χ3v) is 3.34. The maximum atomic E-state index is 13.4. The van der Waals surface area contributed by atoms with Gasteiger partial charge in [-0.3, -0.25) is 0 Å². The van der Waals surface area contributed by atoms with E-state index in [9.17, 15) is 14.3 Å². The largest absolute Gasteiger partial charge is 0.415 e. The lowest BCUT2D eigenvalue weighted by Gasteiger charge is -2.32. The van der Waals surface area contributed by atoms with Crippen LogP contribution in [0, 0.1) is 5.82 Å². The van der Waals surface area contributed by atoms with E-state index in [0.29, 0.717) is 6.54 Å². The Labute approximate surface area is 111 Å². The van der Waals surface area contributed by atoms with E-state index in [0.717, 1.165) is 12.8 Å². The van der Waals surface area contributed by atoms with Crippen LogP contribution >= 0.6 is 0 Å². The van der Waals surface area contributed by atoms with Gasteiger partial charge in [0, 0.05) is 6.54 Å².